The lowest BCUT2D eigenvalue weighted by Gasteiger charge is -2.27. The van der Waals surface area contributed by atoms with Crippen molar-refractivity contribution in [1.29, 1.82) is 0 Å². The molecule has 7 nitrogen and oxygen atoms in total. The topological polar surface area (TPSA) is 75.5 Å². The number of aromatic nitrogens is 3. The Morgan fingerprint density at radius 1 is 1.50 bits per heavy atom. The van der Waals surface area contributed by atoms with Crippen LogP contribution in [0.2, 0.25) is 0 Å². The quantitative estimate of drug-likeness (QED) is 0.616. The van der Waals surface area contributed by atoms with Crippen molar-refractivity contribution >= 4 is 28.7 Å². The Kier molecular flexibility index (Phi) is 4.17. The van der Waals surface area contributed by atoms with Crippen LogP contribution in [0.4, 0.5) is 0 Å². The number of alkyl halides is 1. The van der Waals surface area contributed by atoms with Gasteiger partial charge in [-0.3, -0.25) is 0 Å². The molecule has 0 N–H and O–H groups in total. The van der Waals surface area contributed by atoms with Crippen LogP contribution in [0, 0.1) is 0 Å². The molecule has 0 amide bonds. The number of ether oxygens (including phenoxy) is 3. The third-order valence-corrected chi connectivity index (χ3v) is 3.90. The van der Waals surface area contributed by atoms with Crippen molar-refractivity contribution in [3.63, 3.8) is 0 Å². The maximum absolute atomic E-state index is 11.8. The van der Waals surface area contributed by atoms with Gasteiger partial charge in [-0.25, -0.2) is 14.8 Å². The van der Waals surface area contributed by atoms with E-state index in [-0.39, 0.29) is 17.7 Å². The van der Waals surface area contributed by atoms with Gasteiger partial charge in [0.15, 0.2) is 17.1 Å². The van der Waals surface area contributed by atoms with Crippen LogP contribution in [0.15, 0.2) is 6.07 Å². The van der Waals surface area contributed by atoms with Crippen LogP contribution in [0.3, 0.4) is 0 Å². The molecule has 3 rings (SSSR count). The number of hydrogen-bond donors (Lipinski definition) is 0. The molecule has 8 heteroatoms. The van der Waals surface area contributed by atoms with Crippen LogP contribution in [0.25, 0.3) is 11.2 Å². The van der Waals surface area contributed by atoms with Crippen molar-refractivity contribution in [2.45, 2.75) is 24.9 Å². The van der Waals surface area contributed by atoms with E-state index in [0.717, 1.165) is 13.0 Å². The van der Waals surface area contributed by atoms with Gasteiger partial charge in [0.2, 0.25) is 0 Å². The van der Waals surface area contributed by atoms with Gasteiger partial charge in [-0.05, 0) is 6.42 Å². The number of imidazole rings is 1. The predicted octanol–water partition coefficient (Wildman–Crippen LogP) is 1.75. The second-order valence-electron chi connectivity index (χ2n) is 4.93. The number of carbonyl (C=O) groups is 1. The van der Waals surface area contributed by atoms with E-state index in [1.165, 1.54) is 20.3 Å². The smallest absolute Gasteiger partial charge is 0.356 e. The van der Waals surface area contributed by atoms with Gasteiger partial charge in [0.25, 0.3) is 0 Å². The van der Waals surface area contributed by atoms with Gasteiger partial charge in [0.1, 0.15) is 11.3 Å². The fourth-order valence-corrected chi connectivity index (χ4v) is 2.60. The molecule has 118 valence electrons. The molecular formula is C14H16ClN3O4. The van der Waals surface area contributed by atoms with Crippen LogP contribution in [-0.2, 0) is 21.9 Å². The molecule has 0 saturated carbocycles. The van der Waals surface area contributed by atoms with E-state index in [4.69, 9.17) is 25.8 Å². The Hall–Kier alpha value is -1.86. The SMILES string of the molecule is COC(=O)c1cc(OC)c2nc(CCl)n(C[C@@H]3CCO3)c2n1. The maximum Gasteiger partial charge on any atom is 0.356 e. The molecule has 1 atom stereocenters. The van der Waals surface area contributed by atoms with Crippen LogP contribution in [-0.4, -0.2) is 47.4 Å². The van der Waals surface area contributed by atoms with Gasteiger partial charge < -0.3 is 18.8 Å². The standard InChI is InChI=1S/C14H16ClN3O4/c1-20-10-5-9(14(19)21-2)16-13-12(10)17-11(6-15)18(13)7-8-3-4-22-8/h5,8H,3-4,6-7H2,1-2H3/t8-/m0/s1. The monoisotopic (exact) mass is 325 g/mol. The average Bonchev–Trinajstić information content (AvgIpc) is 2.86. The van der Waals surface area contributed by atoms with Crippen molar-refractivity contribution in [2.24, 2.45) is 0 Å². The fourth-order valence-electron chi connectivity index (χ4n) is 2.40. The number of pyridine rings is 1. The third-order valence-electron chi connectivity index (χ3n) is 3.66. The lowest BCUT2D eigenvalue weighted by Crippen LogP contribution is -2.31. The number of halogens is 1. The molecule has 1 aliphatic heterocycles. The van der Waals surface area contributed by atoms with E-state index >= 15 is 0 Å². The number of carbonyl (C=O) groups excluding carboxylic acids is 1. The third kappa shape index (κ3) is 2.50. The number of nitrogens with zero attached hydrogens (tertiary/aromatic N) is 3. The van der Waals surface area contributed by atoms with Crippen molar-refractivity contribution in [2.75, 3.05) is 20.8 Å². The zero-order valence-corrected chi connectivity index (χ0v) is 13.1. The highest BCUT2D eigenvalue weighted by atomic mass is 35.5. The van der Waals surface area contributed by atoms with Gasteiger partial charge in [-0.1, -0.05) is 0 Å². The molecule has 0 aromatic carbocycles. The zero-order chi connectivity index (χ0) is 15.7. The molecule has 22 heavy (non-hydrogen) atoms. The first-order valence-electron chi connectivity index (χ1n) is 6.88. The molecule has 1 saturated heterocycles. The summed E-state index contributed by atoms with van der Waals surface area (Å²) in [6.07, 6.45) is 1.10. The Bertz CT molecular complexity index is 712. The van der Waals surface area contributed by atoms with Gasteiger partial charge in [-0.2, -0.15) is 0 Å². The first-order chi connectivity index (χ1) is 10.7. The van der Waals surface area contributed by atoms with E-state index in [9.17, 15) is 4.79 Å². The number of esters is 1. The fraction of sp³-hybridized carbons (Fsp3) is 0.500. The summed E-state index contributed by atoms with van der Waals surface area (Å²) in [5.74, 6) is 0.838. The van der Waals surface area contributed by atoms with Crippen molar-refractivity contribution in [3.05, 3.63) is 17.6 Å². The molecular weight excluding hydrogens is 310 g/mol. The lowest BCUT2D eigenvalue weighted by molar-refractivity contribution is -0.0590. The van der Waals surface area contributed by atoms with Crippen LogP contribution < -0.4 is 4.74 Å². The minimum Gasteiger partial charge on any atom is -0.494 e. The molecule has 0 spiro atoms. The largest absolute Gasteiger partial charge is 0.494 e. The maximum atomic E-state index is 11.8. The zero-order valence-electron chi connectivity index (χ0n) is 12.3. The highest BCUT2D eigenvalue weighted by Crippen LogP contribution is 2.28. The molecule has 0 unspecified atom stereocenters. The normalized spacial score (nSPS) is 17.3. The van der Waals surface area contributed by atoms with Crippen molar-refractivity contribution in [3.8, 4) is 5.75 Å². The van der Waals surface area contributed by atoms with E-state index in [0.29, 0.717) is 29.3 Å². The van der Waals surface area contributed by atoms with Gasteiger partial charge in [0, 0.05) is 12.7 Å². The Morgan fingerprint density at radius 3 is 2.82 bits per heavy atom. The minimum atomic E-state index is -0.528. The second kappa shape index (κ2) is 6.10. The molecule has 3 heterocycles. The molecule has 0 aliphatic carbocycles. The molecule has 1 aliphatic rings. The lowest BCUT2D eigenvalue weighted by atomic mass is 10.2. The summed E-state index contributed by atoms with van der Waals surface area (Å²) in [4.78, 5) is 20.6. The number of methoxy groups -OCH3 is 2. The number of rotatable bonds is 5. The van der Waals surface area contributed by atoms with E-state index < -0.39 is 5.97 Å². The minimum absolute atomic E-state index is 0.119. The summed E-state index contributed by atoms with van der Waals surface area (Å²) >= 11 is 5.99. The van der Waals surface area contributed by atoms with Gasteiger partial charge >= 0.3 is 5.97 Å². The highest BCUT2D eigenvalue weighted by Gasteiger charge is 2.24. The van der Waals surface area contributed by atoms with E-state index in [1.54, 1.807) is 0 Å². The summed E-state index contributed by atoms with van der Waals surface area (Å²) in [5.41, 5.74) is 1.29. The summed E-state index contributed by atoms with van der Waals surface area (Å²) in [7, 11) is 2.83. The first kappa shape index (κ1) is 15.1. The number of hydrogen-bond acceptors (Lipinski definition) is 6. The summed E-state index contributed by atoms with van der Waals surface area (Å²) in [6, 6.07) is 1.52. The summed E-state index contributed by atoms with van der Waals surface area (Å²) in [5, 5.41) is 0. The molecule has 0 radical (unpaired) electrons. The summed E-state index contributed by atoms with van der Waals surface area (Å²) in [6.45, 7) is 1.36. The first-order valence-corrected chi connectivity index (χ1v) is 7.41. The van der Waals surface area contributed by atoms with Crippen molar-refractivity contribution in [1.82, 2.24) is 14.5 Å². The van der Waals surface area contributed by atoms with Crippen molar-refractivity contribution < 1.29 is 19.0 Å². The second-order valence-corrected chi connectivity index (χ2v) is 5.19. The Morgan fingerprint density at radius 2 is 2.27 bits per heavy atom. The number of fused-ring (bicyclic) bond motifs is 1. The van der Waals surface area contributed by atoms with Crippen LogP contribution >= 0.6 is 11.6 Å². The Balaban J connectivity index is 2.15. The molecule has 1 fully saturated rings. The molecule has 0 bridgehead atoms. The van der Waals surface area contributed by atoms with Gasteiger partial charge in [0.05, 0.1) is 32.7 Å². The summed E-state index contributed by atoms with van der Waals surface area (Å²) < 4.78 is 17.4. The predicted molar refractivity (Wildman–Crippen MR) is 79.3 cm³/mol. The highest BCUT2D eigenvalue weighted by molar-refractivity contribution is 6.16. The molecule has 2 aromatic rings. The van der Waals surface area contributed by atoms with Crippen LogP contribution in [0.1, 0.15) is 22.7 Å². The molecule has 2 aromatic heterocycles. The van der Waals surface area contributed by atoms with E-state index in [1.807, 2.05) is 4.57 Å². The Labute approximate surface area is 132 Å². The van der Waals surface area contributed by atoms with Crippen LogP contribution in [0.5, 0.6) is 5.75 Å². The average molecular weight is 326 g/mol. The van der Waals surface area contributed by atoms with Gasteiger partial charge in [-0.15, -0.1) is 11.6 Å². The van der Waals surface area contributed by atoms with E-state index in [2.05, 4.69) is 9.97 Å².